The van der Waals surface area contributed by atoms with E-state index in [0.29, 0.717) is 12.4 Å². The summed E-state index contributed by atoms with van der Waals surface area (Å²) in [5.74, 6) is 6.63. The first kappa shape index (κ1) is 11.1. The second kappa shape index (κ2) is 6.50. The largest absolute Gasteiger partial charge is 0.486 e. The minimum atomic E-state index is 0.614. The zero-order valence-corrected chi connectivity index (χ0v) is 8.86. The van der Waals surface area contributed by atoms with Crippen LogP contribution in [0.5, 0.6) is 0 Å². The van der Waals surface area contributed by atoms with Crippen molar-refractivity contribution in [3.63, 3.8) is 0 Å². The maximum atomic E-state index is 5.32. The number of hydrogen-bond acceptors (Lipinski definition) is 1. The molecule has 0 saturated heterocycles. The van der Waals surface area contributed by atoms with Gasteiger partial charge in [-0.15, -0.1) is 0 Å². The molecule has 0 spiro atoms. The highest BCUT2D eigenvalue weighted by atomic mass is 16.5. The molecule has 76 valence electrons. The first-order chi connectivity index (χ1) is 7.36. The molecule has 0 atom stereocenters. The molecular weight excluding hydrogens is 184 g/mol. The van der Waals surface area contributed by atoms with E-state index in [0.717, 1.165) is 5.56 Å². The lowest BCUT2D eigenvalue weighted by molar-refractivity contribution is 0.246. The molecule has 1 rings (SSSR count). The second-order valence-corrected chi connectivity index (χ2v) is 2.82. The van der Waals surface area contributed by atoms with Crippen LogP contribution in [0.15, 0.2) is 54.8 Å². The van der Waals surface area contributed by atoms with Crippen molar-refractivity contribution in [3.8, 4) is 11.8 Å². The standard InChI is InChI=1S/C14H14O/c1-3-8-14(15-4-2)12-11-13-9-6-5-7-10-13/h3,5-10H,1,4H2,2H3. The van der Waals surface area contributed by atoms with Crippen LogP contribution >= 0.6 is 0 Å². The van der Waals surface area contributed by atoms with Gasteiger partial charge in [0.25, 0.3) is 0 Å². The summed E-state index contributed by atoms with van der Waals surface area (Å²) in [4.78, 5) is 0. The lowest BCUT2D eigenvalue weighted by atomic mass is 10.2. The van der Waals surface area contributed by atoms with E-state index in [4.69, 9.17) is 4.74 Å². The zero-order valence-electron chi connectivity index (χ0n) is 8.86. The Kier molecular flexibility index (Phi) is 4.83. The molecule has 1 heteroatoms. The van der Waals surface area contributed by atoms with Gasteiger partial charge in [-0.1, -0.05) is 36.8 Å². The van der Waals surface area contributed by atoms with Crippen LogP contribution in [0.25, 0.3) is 0 Å². The first-order valence-corrected chi connectivity index (χ1v) is 4.89. The smallest absolute Gasteiger partial charge is 0.170 e. The number of ether oxygens (including phenoxy) is 1. The van der Waals surface area contributed by atoms with Gasteiger partial charge in [0, 0.05) is 5.56 Å². The normalized spacial score (nSPS) is 10.1. The van der Waals surface area contributed by atoms with Crippen LogP contribution in [-0.2, 0) is 4.74 Å². The molecule has 0 fully saturated rings. The number of benzene rings is 1. The minimum absolute atomic E-state index is 0.614. The van der Waals surface area contributed by atoms with Gasteiger partial charge in [-0.25, -0.2) is 0 Å². The molecule has 0 bridgehead atoms. The molecule has 1 nitrogen and oxygen atoms in total. The predicted octanol–water partition coefficient (Wildman–Crippen LogP) is 3.14. The fourth-order valence-corrected chi connectivity index (χ4v) is 1.04. The number of hydrogen-bond donors (Lipinski definition) is 0. The summed E-state index contributed by atoms with van der Waals surface area (Å²) in [5.41, 5.74) is 0.979. The Bertz CT molecular complexity index is 390. The molecule has 0 unspecified atom stereocenters. The molecule has 0 amide bonds. The quantitative estimate of drug-likeness (QED) is 0.412. The van der Waals surface area contributed by atoms with E-state index in [9.17, 15) is 0 Å². The van der Waals surface area contributed by atoms with Gasteiger partial charge in [0.05, 0.1) is 6.61 Å². The molecule has 0 aromatic heterocycles. The fourth-order valence-electron chi connectivity index (χ4n) is 1.04. The maximum absolute atomic E-state index is 5.32. The topological polar surface area (TPSA) is 9.23 Å². The van der Waals surface area contributed by atoms with Gasteiger partial charge in [-0.3, -0.25) is 0 Å². The number of rotatable bonds is 3. The van der Waals surface area contributed by atoms with Crippen LogP contribution in [-0.4, -0.2) is 6.61 Å². The summed E-state index contributed by atoms with van der Waals surface area (Å²) in [6.45, 7) is 6.16. The van der Waals surface area contributed by atoms with Crippen LogP contribution < -0.4 is 0 Å². The third-order valence-corrected chi connectivity index (χ3v) is 1.67. The van der Waals surface area contributed by atoms with Crippen molar-refractivity contribution < 1.29 is 4.74 Å². The van der Waals surface area contributed by atoms with Crippen LogP contribution in [0.3, 0.4) is 0 Å². The second-order valence-electron chi connectivity index (χ2n) is 2.82. The third-order valence-electron chi connectivity index (χ3n) is 1.67. The Morgan fingerprint density at radius 1 is 1.40 bits per heavy atom. The SMILES string of the molecule is C=CC=C(C#Cc1ccccc1)OCC. The first-order valence-electron chi connectivity index (χ1n) is 4.89. The summed E-state index contributed by atoms with van der Waals surface area (Å²) in [5, 5.41) is 0. The van der Waals surface area contributed by atoms with Gasteiger partial charge in [0.15, 0.2) is 5.76 Å². The van der Waals surface area contributed by atoms with Crippen LogP contribution in [0.2, 0.25) is 0 Å². The van der Waals surface area contributed by atoms with E-state index in [1.54, 1.807) is 12.2 Å². The highest BCUT2D eigenvalue weighted by Crippen LogP contribution is 1.99. The average Bonchev–Trinajstić information content (AvgIpc) is 2.28. The van der Waals surface area contributed by atoms with Gasteiger partial charge in [0.1, 0.15) is 0 Å². The molecule has 1 aromatic rings. The van der Waals surface area contributed by atoms with E-state index in [-0.39, 0.29) is 0 Å². The van der Waals surface area contributed by atoms with Gasteiger partial charge in [-0.05, 0) is 31.1 Å². The molecule has 15 heavy (non-hydrogen) atoms. The van der Waals surface area contributed by atoms with Gasteiger partial charge < -0.3 is 4.74 Å². The van der Waals surface area contributed by atoms with Gasteiger partial charge in [-0.2, -0.15) is 0 Å². The van der Waals surface area contributed by atoms with Crippen LogP contribution in [0.1, 0.15) is 12.5 Å². The highest BCUT2D eigenvalue weighted by molar-refractivity contribution is 5.39. The van der Waals surface area contributed by atoms with Crippen LogP contribution in [0.4, 0.5) is 0 Å². The van der Waals surface area contributed by atoms with Gasteiger partial charge in [0.2, 0.25) is 0 Å². The molecule has 0 heterocycles. The van der Waals surface area contributed by atoms with Crippen molar-refractivity contribution in [2.45, 2.75) is 6.92 Å². The minimum Gasteiger partial charge on any atom is -0.486 e. The zero-order chi connectivity index (χ0) is 10.9. The monoisotopic (exact) mass is 198 g/mol. The Hall–Kier alpha value is -1.94. The van der Waals surface area contributed by atoms with E-state index < -0.39 is 0 Å². The molecular formula is C14H14O. The molecule has 0 N–H and O–H groups in total. The lowest BCUT2D eigenvalue weighted by Crippen LogP contribution is -1.87. The van der Waals surface area contributed by atoms with Gasteiger partial charge >= 0.3 is 0 Å². The number of allylic oxidation sites excluding steroid dienone is 3. The Labute approximate surface area is 91.1 Å². The van der Waals surface area contributed by atoms with E-state index in [1.807, 2.05) is 37.3 Å². The molecule has 0 saturated carbocycles. The van der Waals surface area contributed by atoms with Crippen molar-refractivity contribution in [1.29, 1.82) is 0 Å². The predicted molar refractivity (Wildman–Crippen MR) is 63.2 cm³/mol. The maximum Gasteiger partial charge on any atom is 0.170 e. The molecule has 1 aromatic carbocycles. The molecule has 0 aliphatic carbocycles. The summed E-state index contributed by atoms with van der Waals surface area (Å²) in [6.07, 6.45) is 3.43. The Morgan fingerprint density at radius 3 is 2.73 bits per heavy atom. The average molecular weight is 198 g/mol. The summed E-state index contributed by atoms with van der Waals surface area (Å²) in [7, 11) is 0. The van der Waals surface area contributed by atoms with E-state index in [2.05, 4.69) is 18.4 Å². The lowest BCUT2D eigenvalue weighted by Gasteiger charge is -1.98. The van der Waals surface area contributed by atoms with Crippen molar-refractivity contribution in [1.82, 2.24) is 0 Å². The van der Waals surface area contributed by atoms with Crippen molar-refractivity contribution in [2.24, 2.45) is 0 Å². The van der Waals surface area contributed by atoms with Crippen molar-refractivity contribution >= 4 is 0 Å². The summed E-state index contributed by atoms with van der Waals surface area (Å²) in [6, 6.07) is 9.81. The fraction of sp³-hybridized carbons (Fsp3) is 0.143. The Morgan fingerprint density at radius 2 is 2.13 bits per heavy atom. The molecule has 0 radical (unpaired) electrons. The van der Waals surface area contributed by atoms with Crippen molar-refractivity contribution in [2.75, 3.05) is 6.61 Å². The van der Waals surface area contributed by atoms with E-state index >= 15 is 0 Å². The summed E-state index contributed by atoms with van der Waals surface area (Å²) >= 11 is 0. The molecule has 0 aliphatic rings. The molecule has 0 aliphatic heterocycles. The Balaban J connectivity index is 2.78. The van der Waals surface area contributed by atoms with Crippen molar-refractivity contribution in [3.05, 3.63) is 60.4 Å². The highest BCUT2D eigenvalue weighted by Gasteiger charge is 1.88. The third kappa shape index (κ3) is 4.19. The van der Waals surface area contributed by atoms with Crippen LogP contribution in [0, 0.1) is 11.8 Å². The van der Waals surface area contributed by atoms with E-state index in [1.165, 1.54) is 0 Å². The summed E-state index contributed by atoms with van der Waals surface area (Å²) < 4.78 is 5.32.